The number of nitrogens with zero attached hydrogens (tertiary/aromatic N) is 1. The van der Waals surface area contributed by atoms with E-state index in [9.17, 15) is 10.1 Å². The zero-order valence-electron chi connectivity index (χ0n) is 7.91. The van der Waals surface area contributed by atoms with E-state index in [1.807, 2.05) is 13.0 Å². The van der Waals surface area contributed by atoms with Gasteiger partial charge in [0.1, 0.15) is 0 Å². The van der Waals surface area contributed by atoms with Gasteiger partial charge in [0, 0.05) is 12.1 Å². The third-order valence-corrected chi connectivity index (χ3v) is 1.87. The van der Waals surface area contributed by atoms with Crippen LogP contribution in [0.25, 0.3) is 0 Å². The molecule has 1 aromatic carbocycles. The van der Waals surface area contributed by atoms with Crippen molar-refractivity contribution >= 4 is 5.69 Å². The highest BCUT2D eigenvalue weighted by Crippen LogP contribution is 2.17. The number of rotatable bonds is 3. The van der Waals surface area contributed by atoms with Gasteiger partial charge in [-0.05, 0) is 24.5 Å². The number of hydrogen-bond donors (Lipinski definition) is 0. The fourth-order valence-electron chi connectivity index (χ4n) is 1.38. The molecule has 0 atom stereocenters. The Bertz CT molecular complexity index is 321. The lowest BCUT2D eigenvalue weighted by molar-refractivity contribution is -0.385. The lowest BCUT2D eigenvalue weighted by Crippen LogP contribution is -1.92. The van der Waals surface area contributed by atoms with Gasteiger partial charge in [-0.2, -0.15) is 0 Å². The van der Waals surface area contributed by atoms with Gasteiger partial charge >= 0.3 is 0 Å². The summed E-state index contributed by atoms with van der Waals surface area (Å²) in [5, 5.41) is 10.5. The highest BCUT2D eigenvalue weighted by atomic mass is 16.6. The summed E-state index contributed by atoms with van der Waals surface area (Å²) in [6.07, 6.45) is 1.92. The summed E-state index contributed by atoms with van der Waals surface area (Å²) in [6.45, 7) is 3.94. The van der Waals surface area contributed by atoms with Gasteiger partial charge < -0.3 is 0 Å². The molecule has 0 heterocycles. The van der Waals surface area contributed by atoms with Crippen molar-refractivity contribution in [2.24, 2.45) is 0 Å². The first-order chi connectivity index (χ1) is 6.13. The molecule has 0 bridgehead atoms. The molecule has 0 aliphatic heterocycles. The molecule has 0 radical (unpaired) electrons. The Morgan fingerprint density at radius 3 is 2.62 bits per heavy atom. The van der Waals surface area contributed by atoms with Crippen molar-refractivity contribution in [1.82, 2.24) is 0 Å². The molecule has 0 aliphatic rings. The summed E-state index contributed by atoms with van der Waals surface area (Å²) in [5.41, 5.74) is 2.20. The summed E-state index contributed by atoms with van der Waals surface area (Å²) < 4.78 is 0. The summed E-state index contributed by atoms with van der Waals surface area (Å²) in [4.78, 5) is 10.2. The second kappa shape index (κ2) is 4.03. The topological polar surface area (TPSA) is 43.1 Å². The Kier molecular flexibility index (Phi) is 3.01. The summed E-state index contributed by atoms with van der Waals surface area (Å²) in [7, 11) is 0. The molecule has 3 heteroatoms. The Hall–Kier alpha value is -1.38. The Labute approximate surface area is 77.5 Å². The predicted octanol–water partition coefficient (Wildman–Crippen LogP) is 2.86. The number of nitro groups is 1. The fraction of sp³-hybridized carbons (Fsp3) is 0.400. The molecule has 0 fully saturated rings. The maximum atomic E-state index is 10.5. The quantitative estimate of drug-likeness (QED) is 0.529. The molecule has 1 aromatic rings. The van der Waals surface area contributed by atoms with Gasteiger partial charge in [-0.3, -0.25) is 10.1 Å². The first-order valence-corrected chi connectivity index (χ1v) is 4.38. The smallest absolute Gasteiger partial charge is 0.258 e. The van der Waals surface area contributed by atoms with Crippen molar-refractivity contribution < 1.29 is 4.92 Å². The number of benzene rings is 1. The maximum absolute atomic E-state index is 10.5. The van der Waals surface area contributed by atoms with E-state index in [1.54, 1.807) is 12.1 Å². The third kappa shape index (κ3) is 2.54. The second-order valence-electron chi connectivity index (χ2n) is 3.18. The van der Waals surface area contributed by atoms with Crippen LogP contribution in [0.2, 0.25) is 0 Å². The first-order valence-electron chi connectivity index (χ1n) is 4.38. The molecule has 0 amide bonds. The molecule has 0 aliphatic carbocycles. The minimum Gasteiger partial charge on any atom is -0.258 e. The van der Waals surface area contributed by atoms with Crippen LogP contribution in [0.5, 0.6) is 0 Å². The zero-order valence-corrected chi connectivity index (χ0v) is 7.91. The van der Waals surface area contributed by atoms with Crippen LogP contribution in [0, 0.1) is 17.0 Å². The predicted molar refractivity (Wildman–Crippen MR) is 51.8 cm³/mol. The SMILES string of the molecule is CCCc1cc(C)cc([N+](=O)[O-])c1. The number of non-ortho nitro benzene ring substituents is 1. The minimum atomic E-state index is -0.341. The van der Waals surface area contributed by atoms with Gasteiger partial charge in [-0.1, -0.05) is 19.4 Å². The van der Waals surface area contributed by atoms with E-state index < -0.39 is 0 Å². The Morgan fingerprint density at radius 1 is 1.38 bits per heavy atom. The summed E-state index contributed by atoms with van der Waals surface area (Å²) in [6, 6.07) is 5.24. The second-order valence-corrected chi connectivity index (χ2v) is 3.18. The molecule has 0 aromatic heterocycles. The minimum absolute atomic E-state index is 0.198. The van der Waals surface area contributed by atoms with E-state index in [1.165, 1.54) is 0 Å². The highest BCUT2D eigenvalue weighted by molar-refractivity contribution is 5.38. The highest BCUT2D eigenvalue weighted by Gasteiger charge is 2.06. The van der Waals surface area contributed by atoms with Crippen LogP contribution in [0.4, 0.5) is 5.69 Å². The molecular formula is C10H13NO2. The molecule has 3 nitrogen and oxygen atoms in total. The summed E-state index contributed by atoms with van der Waals surface area (Å²) in [5.74, 6) is 0. The van der Waals surface area contributed by atoms with E-state index >= 15 is 0 Å². The van der Waals surface area contributed by atoms with Crippen molar-refractivity contribution in [3.63, 3.8) is 0 Å². The summed E-state index contributed by atoms with van der Waals surface area (Å²) >= 11 is 0. The van der Waals surface area contributed by atoms with Gasteiger partial charge in [0.25, 0.3) is 5.69 Å². The molecule has 70 valence electrons. The normalized spacial score (nSPS) is 10.0. The standard InChI is InChI=1S/C10H13NO2/c1-3-4-9-5-8(2)6-10(7-9)11(12)13/h5-7H,3-4H2,1-2H3. The number of nitro benzene ring substituents is 1. The molecule has 0 N–H and O–H groups in total. The third-order valence-electron chi connectivity index (χ3n) is 1.87. The average molecular weight is 179 g/mol. The molecule has 1 rings (SSSR count). The van der Waals surface area contributed by atoms with Crippen LogP contribution >= 0.6 is 0 Å². The Morgan fingerprint density at radius 2 is 2.08 bits per heavy atom. The largest absolute Gasteiger partial charge is 0.269 e. The van der Waals surface area contributed by atoms with Crippen molar-refractivity contribution in [2.45, 2.75) is 26.7 Å². The van der Waals surface area contributed by atoms with Crippen molar-refractivity contribution in [3.05, 3.63) is 39.4 Å². The molecule has 0 saturated heterocycles. The van der Waals surface area contributed by atoms with Crippen LogP contribution in [0.1, 0.15) is 24.5 Å². The van der Waals surface area contributed by atoms with E-state index in [0.29, 0.717) is 0 Å². The molecule has 0 saturated carbocycles. The van der Waals surface area contributed by atoms with E-state index in [4.69, 9.17) is 0 Å². The van der Waals surface area contributed by atoms with Gasteiger partial charge in [-0.25, -0.2) is 0 Å². The van der Waals surface area contributed by atoms with Crippen LogP contribution in [-0.2, 0) is 6.42 Å². The van der Waals surface area contributed by atoms with Crippen LogP contribution in [0.15, 0.2) is 18.2 Å². The van der Waals surface area contributed by atoms with E-state index in [-0.39, 0.29) is 10.6 Å². The fourth-order valence-corrected chi connectivity index (χ4v) is 1.38. The molecular weight excluding hydrogens is 166 g/mol. The van der Waals surface area contributed by atoms with Crippen LogP contribution in [-0.4, -0.2) is 4.92 Å². The van der Waals surface area contributed by atoms with Crippen molar-refractivity contribution in [3.8, 4) is 0 Å². The van der Waals surface area contributed by atoms with E-state index in [2.05, 4.69) is 6.92 Å². The zero-order chi connectivity index (χ0) is 9.84. The first kappa shape index (κ1) is 9.71. The molecule has 13 heavy (non-hydrogen) atoms. The van der Waals surface area contributed by atoms with Crippen LogP contribution in [0.3, 0.4) is 0 Å². The van der Waals surface area contributed by atoms with Gasteiger partial charge in [0.2, 0.25) is 0 Å². The molecule has 0 spiro atoms. The maximum Gasteiger partial charge on any atom is 0.269 e. The lowest BCUT2D eigenvalue weighted by atomic mass is 10.1. The van der Waals surface area contributed by atoms with Crippen LogP contribution < -0.4 is 0 Å². The van der Waals surface area contributed by atoms with Crippen molar-refractivity contribution in [1.29, 1.82) is 0 Å². The van der Waals surface area contributed by atoms with Gasteiger partial charge in [0.05, 0.1) is 4.92 Å². The lowest BCUT2D eigenvalue weighted by Gasteiger charge is -2.00. The van der Waals surface area contributed by atoms with Gasteiger partial charge in [-0.15, -0.1) is 0 Å². The molecule has 0 unspecified atom stereocenters. The van der Waals surface area contributed by atoms with Gasteiger partial charge in [0.15, 0.2) is 0 Å². The van der Waals surface area contributed by atoms with E-state index in [0.717, 1.165) is 24.0 Å². The average Bonchev–Trinajstić information content (AvgIpc) is 2.03. The van der Waals surface area contributed by atoms with Crippen molar-refractivity contribution in [2.75, 3.05) is 0 Å². The number of hydrogen-bond acceptors (Lipinski definition) is 2. The Balaban J connectivity index is 3.03. The number of aryl methyl sites for hydroxylation is 2. The monoisotopic (exact) mass is 179 g/mol.